The molecule has 0 aromatic heterocycles. The van der Waals surface area contributed by atoms with Gasteiger partial charge in [0.1, 0.15) is 5.60 Å². The first-order valence-electron chi connectivity index (χ1n) is 4.31. The lowest BCUT2D eigenvalue weighted by Crippen LogP contribution is -2.31. The molecule has 1 heterocycles. The van der Waals surface area contributed by atoms with E-state index in [-0.39, 0.29) is 5.97 Å². The van der Waals surface area contributed by atoms with Crippen molar-refractivity contribution >= 4 is 11.9 Å². The first-order chi connectivity index (χ1) is 5.88. The monoisotopic (exact) mass is 186 g/mol. The van der Waals surface area contributed by atoms with E-state index in [1.165, 1.54) is 0 Å². The normalized spacial score (nSPS) is 22.7. The summed E-state index contributed by atoms with van der Waals surface area (Å²) in [6, 6.07) is 0. The molecule has 74 valence electrons. The number of cyclic esters (lactones) is 1. The Morgan fingerprint density at radius 3 is 2.54 bits per heavy atom. The van der Waals surface area contributed by atoms with E-state index in [2.05, 4.69) is 0 Å². The van der Waals surface area contributed by atoms with E-state index >= 15 is 0 Å². The Bertz CT molecular complexity index is 226. The van der Waals surface area contributed by atoms with Gasteiger partial charge in [-0.15, -0.1) is 0 Å². The lowest BCUT2D eigenvalue weighted by atomic mass is 10.2. The molecule has 0 amide bonds. The van der Waals surface area contributed by atoms with Gasteiger partial charge in [0.05, 0.1) is 0 Å². The fraction of sp³-hybridized carbons (Fsp3) is 0.778. The highest BCUT2D eigenvalue weighted by molar-refractivity contribution is 5.82. The van der Waals surface area contributed by atoms with Crippen LogP contribution in [0.3, 0.4) is 0 Å². The van der Waals surface area contributed by atoms with Gasteiger partial charge in [-0.25, -0.2) is 4.79 Å². The van der Waals surface area contributed by atoms with Gasteiger partial charge in [-0.1, -0.05) is 0 Å². The van der Waals surface area contributed by atoms with Crippen LogP contribution in [-0.2, 0) is 19.1 Å². The average Bonchev–Trinajstić information content (AvgIpc) is 2.31. The molecule has 1 rings (SSSR count). The van der Waals surface area contributed by atoms with Gasteiger partial charge in [0.2, 0.25) is 0 Å². The van der Waals surface area contributed by atoms with Gasteiger partial charge in [0, 0.05) is 12.8 Å². The molecule has 4 nitrogen and oxygen atoms in total. The summed E-state index contributed by atoms with van der Waals surface area (Å²) in [7, 11) is 0. The van der Waals surface area contributed by atoms with Crippen molar-refractivity contribution in [2.75, 3.05) is 0 Å². The third-order valence-electron chi connectivity index (χ3n) is 1.55. The minimum absolute atomic E-state index is 0.309. The molecule has 1 aliphatic rings. The molecule has 0 bridgehead atoms. The molecule has 0 aromatic carbocycles. The van der Waals surface area contributed by atoms with E-state index < -0.39 is 17.7 Å². The van der Waals surface area contributed by atoms with Crippen molar-refractivity contribution in [2.24, 2.45) is 0 Å². The zero-order valence-corrected chi connectivity index (χ0v) is 8.12. The Balaban J connectivity index is 2.45. The molecule has 1 unspecified atom stereocenters. The molecule has 0 saturated carbocycles. The Morgan fingerprint density at radius 2 is 2.15 bits per heavy atom. The summed E-state index contributed by atoms with van der Waals surface area (Å²) in [6.45, 7) is 5.34. The van der Waals surface area contributed by atoms with Crippen LogP contribution >= 0.6 is 0 Å². The predicted octanol–water partition coefficient (Wildman–Crippen LogP) is 1.03. The Hall–Kier alpha value is -1.06. The van der Waals surface area contributed by atoms with Crippen molar-refractivity contribution in [1.82, 2.24) is 0 Å². The molecule has 0 N–H and O–H groups in total. The van der Waals surface area contributed by atoms with Crippen LogP contribution in [0, 0.1) is 0 Å². The Morgan fingerprint density at radius 1 is 1.54 bits per heavy atom. The van der Waals surface area contributed by atoms with E-state index in [0.717, 1.165) is 0 Å². The van der Waals surface area contributed by atoms with Gasteiger partial charge in [-0.2, -0.15) is 0 Å². The van der Waals surface area contributed by atoms with Gasteiger partial charge >= 0.3 is 11.9 Å². The zero-order valence-electron chi connectivity index (χ0n) is 8.12. The van der Waals surface area contributed by atoms with Gasteiger partial charge in [0.25, 0.3) is 0 Å². The van der Waals surface area contributed by atoms with E-state index in [0.29, 0.717) is 12.8 Å². The summed E-state index contributed by atoms with van der Waals surface area (Å²) in [5.41, 5.74) is -0.522. The summed E-state index contributed by atoms with van der Waals surface area (Å²) >= 11 is 0. The fourth-order valence-corrected chi connectivity index (χ4v) is 1.06. The molecule has 1 fully saturated rings. The first kappa shape index (κ1) is 10.0. The number of carbonyl (C=O) groups is 2. The predicted molar refractivity (Wildman–Crippen MR) is 45.0 cm³/mol. The van der Waals surface area contributed by atoms with E-state index in [1.807, 2.05) is 0 Å². The molecule has 1 atom stereocenters. The minimum Gasteiger partial charge on any atom is -0.457 e. The minimum atomic E-state index is -0.688. The standard InChI is InChI=1S/C9H14O4/c1-9(2,3)13-8(11)6-4-5-7(10)12-6/h6H,4-5H2,1-3H3. The molecular formula is C9H14O4. The Kier molecular flexibility index (Phi) is 2.59. The number of rotatable bonds is 1. The largest absolute Gasteiger partial charge is 0.457 e. The van der Waals surface area contributed by atoms with E-state index in [4.69, 9.17) is 9.47 Å². The summed E-state index contributed by atoms with van der Waals surface area (Å²) in [5.74, 6) is -0.769. The maximum absolute atomic E-state index is 11.3. The van der Waals surface area contributed by atoms with Crippen molar-refractivity contribution in [3.63, 3.8) is 0 Å². The Labute approximate surface area is 77.2 Å². The van der Waals surface area contributed by atoms with Crippen molar-refractivity contribution in [3.05, 3.63) is 0 Å². The number of hydrogen-bond donors (Lipinski definition) is 0. The molecule has 1 saturated heterocycles. The number of hydrogen-bond acceptors (Lipinski definition) is 4. The van der Waals surface area contributed by atoms with Crippen LogP contribution in [0.4, 0.5) is 0 Å². The molecule has 0 aliphatic carbocycles. The van der Waals surface area contributed by atoms with Crippen LogP contribution in [0.1, 0.15) is 33.6 Å². The number of ether oxygens (including phenoxy) is 2. The van der Waals surface area contributed by atoms with Gasteiger partial charge in [0.15, 0.2) is 6.10 Å². The van der Waals surface area contributed by atoms with Crippen molar-refractivity contribution < 1.29 is 19.1 Å². The second-order valence-electron chi connectivity index (χ2n) is 4.05. The summed E-state index contributed by atoms with van der Waals surface area (Å²) < 4.78 is 9.81. The third kappa shape index (κ3) is 3.05. The van der Waals surface area contributed by atoms with E-state index in [9.17, 15) is 9.59 Å². The van der Waals surface area contributed by atoms with Crippen LogP contribution in [0.25, 0.3) is 0 Å². The van der Waals surface area contributed by atoms with Gasteiger partial charge < -0.3 is 9.47 Å². The van der Waals surface area contributed by atoms with Crippen molar-refractivity contribution in [1.29, 1.82) is 0 Å². The highest BCUT2D eigenvalue weighted by Gasteiger charge is 2.33. The molecule has 0 aromatic rings. The zero-order chi connectivity index (χ0) is 10.1. The SMILES string of the molecule is CC(C)(C)OC(=O)C1CCC(=O)O1. The fourth-order valence-electron chi connectivity index (χ4n) is 1.06. The van der Waals surface area contributed by atoms with Gasteiger partial charge in [-0.05, 0) is 20.8 Å². The smallest absolute Gasteiger partial charge is 0.347 e. The number of esters is 2. The molecule has 0 radical (unpaired) electrons. The van der Waals surface area contributed by atoms with Crippen LogP contribution in [0.15, 0.2) is 0 Å². The van der Waals surface area contributed by atoms with Crippen molar-refractivity contribution in [2.45, 2.75) is 45.3 Å². The summed E-state index contributed by atoms with van der Waals surface area (Å²) in [4.78, 5) is 22.0. The van der Waals surface area contributed by atoms with Gasteiger partial charge in [-0.3, -0.25) is 4.79 Å². The lowest BCUT2D eigenvalue weighted by molar-refractivity contribution is -0.170. The second kappa shape index (κ2) is 3.36. The highest BCUT2D eigenvalue weighted by atomic mass is 16.6. The topological polar surface area (TPSA) is 52.6 Å². The molecule has 0 spiro atoms. The van der Waals surface area contributed by atoms with Crippen LogP contribution in [0.2, 0.25) is 0 Å². The first-order valence-corrected chi connectivity index (χ1v) is 4.31. The maximum atomic E-state index is 11.3. The molecule has 13 heavy (non-hydrogen) atoms. The molecule has 4 heteroatoms. The van der Waals surface area contributed by atoms with Crippen LogP contribution in [0.5, 0.6) is 0 Å². The van der Waals surface area contributed by atoms with Crippen molar-refractivity contribution in [3.8, 4) is 0 Å². The number of carbonyl (C=O) groups excluding carboxylic acids is 2. The summed E-state index contributed by atoms with van der Waals surface area (Å²) in [6.07, 6.45) is 0.0595. The third-order valence-corrected chi connectivity index (χ3v) is 1.55. The molecule has 1 aliphatic heterocycles. The molecular weight excluding hydrogens is 172 g/mol. The lowest BCUT2D eigenvalue weighted by Gasteiger charge is -2.21. The van der Waals surface area contributed by atoms with E-state index in [1.54, 1.807) is 20.8 Å². The van der Waals surface area contributed by atoms with Crippen LogP contribution in [-0.4, -0.2) is 23.6 Å². The maximum Gasteiger partial charge on any atom is 0.347 e. The van der Waals surface area contributed by atoms with Crippen LogP contribution < -0.4 is 0 Å². The average molecular weight is 186 g/mol. The summed E-state index contributed by atoms with van der Waals surface area (Å²) in [5, 5.41) is 0. The highest BCUT2D eigenvalue weighted by Crippen LogP contribution is 2.18. The second-order valence-corrected chi connectivity index (χ2v) is 4.05. The quantitative estimate of drug-likeness (QED) is 0.574.